The summed E-state index contributed by atoms with van der Waals surface area (Å²) < 4.78 is 10.4. The fourth-order valence-corrected chi connectivity index (χ4v) is 1.53. The predicted molar refractivity (Wildman–Crippen MR) is 67.5 cm³/mol. The van der Waals surface area contributed by atoms with E-state index in [0.717, 1.165) is 0 Å². The molecule has 0 saturated heterocycles. The van der Waals surface area contributed by atoms with Crippen molar-refractivity contribution in [1.82, 2.24) is 0 Å². The first-order chi connectivity index (χ1) is 8.62. The number of ether oxygens (including phenoxy) is 2. The predicted octanol–water partition coefficient (Wildman–Crippen LogP) is 2.93. The van der Waals surface area contributed by atoms with E-state index in [4.69, 9.17) is 26.3 Å². The van der Waals surface area contributed by atoms with Gasteiger partial charge >= 0.3 is 5.97 Å². The molecular formula is C13H14ClNO3. The number of nitriles is 1. The largest absolute Gasteiger partial charge is 0.477 e. The lowest BCUT2D eigenvalue weighted by Crippen LogP contribution is -2.28. The van der Waals surface area contributed by atoms with Gasteiger partial charge in [0.2, 0.25) is 0 Å². The molecule has 0 aliphatic heterocycles. The van der Waals surface area contributed by atoms with Crippen molar-refractivity contribution in [2.24, 2.45) is 0 Å². The highest BCUT2D eigenvalue weighted by Crippen LogP contribution is 2.24. The van der Waals surface area contributed by atoms with Gasteiger partial charge in [0.25, 0.3) is 0 Å². The molecule has 0 spiro atoms. The third-order valence-electron chi connectivity index (χ3n) is 2.25. The lowest BCUT2D eigenvalue weighted by atomic mass is 10.2. The second kappa shape index (κ2) is 6.87. The van der Waals surface area contributed by atoms with E-state index in [2.05, 4.69) is 0 Å². The van der Waals surface area contributed by atoms with Crippen LogP contribution in [0.5, 0.6) is 5.75 Å². The maximum atomic E-state index is 11.6. The van der Waals surface area contributed by atoms with Crippen LogP contribution in [0, 0.1) is 11.3 Å². The number of halogens is 1. The highest BCUT2D eigenvalue weighted by atomic mass is 35.5. The van der Waals surface area contributed by atoms with E-state index in [1.807, 2.05) is 6.07 Å². The van der Waals surface area contributed by atoms with E-state index in [9.17, 15) is 4.79 Å². The molecule has 0 N–H and O–H groups in total. The number of carbonyl (C=O) groups is 1. The minimum Gasteiger partial charge on any atom is -0.477 e. The van der Waals surface area contributed by atoms with E-state index in [0.29, 0.717) is 29.4 Å². The molecule has 96 valence electrons. The molecule has 0 amide bonds. The monoisotopic (exact) mass is 267 g/mol. The van der Waals surface area contributed by atoms with Crippen LogP contribution in [0.1, 0.15) is 25.8 Å². The lowest BCUT2D eigenvalue weighted by molar-refractivity contribution is -0.151. The van der Waals surface area contributed by atoms with E-state index < -0.39 is 12.1 Å². The summed E-state index contributed by atoms with van der Waals surface area (Å²) >= 11 is 5.84. The van der Waals surface area contributed by atoms with Crippen LogP contribution in [0.2, 0.25) is 5.02 Å². The summed E-state index contributed by atoms with van der Waals surface area (Å²) in [6.45, 7) is 3.82. The summed E-state index contributed by atoms with van der Waals surface area (Å²) in [7, 11) is 0. The molecule has 1 rings (SSSR count). The Balaban J connectivity index is 2.91. The Hall–Kier alpha value is -1.73. The van der Waals surface area contributed by atoms with Crippen molar-refractivity contribution < 1.29 is 14.3 Å². The number of hydrogen-bond acceptors (Lipinski definition) is 4. The van der Waals surface area contributed by atoms with Crippen molar-refractivity contribution in [3.05, 3.63) is 28.8 Å². The molecule has 0 aliphatic carbocycles. The van der Waals surface area contributed by atoms with Crippen LogP contribution in [-0.4, -0.2) is 18.7 Å². The van der Waals surface area contributed by atoms with Crippen LogP contribution in [0.25, 0.3) is 0 Å². The first kappa shape index (κ1) is 14.3. The van der Waals surface area contributed by atoms with Gasteiger partial charge in [-0.05, 0) is 25.5 Å². The van der Waals surface area contributed by atoms with Gasteiger partial charge in [-0.3, -0.25) is 0 Å². The molecule has 0 aromatic heterocycles. The molecule has 18 heavy (non-hydrogen) atoms. The number of esters is 1. The van der Waals surface area contributed by atoms with Crippen LogP contribution >= 0.6 is 11.6 Å². The fraction of sp³-hybridized carbons (Fsp3) is 0.385. The van der Waals surface area contributed by atoms with Gasteiger partial charge in [-0.2, -0.15) is 5.26 Å². The third kappa shape index (κ3) is 3.64. The summed E-state index contributed by atoms with van der Waals surface area (Å²) in [5.74, 6) is -0.145. The molecular weight excluding hydrogens is 254 g/mol. The number of rotatable bonds is 5. The summed E-state index contributed by atoms with van der Waals surface area (Å²) in [6, 6.07) is 6.65. The Bertz CT molecular complexity index is 468. The van der Waals surface area contributed by atoms with Crippen molar-refractivity contribution in [3.63, 3.8) is 0 Å². The standard InChI is InChI=1S/C13H14ClNO3/c1-3-11(13(16)17-4-2)18-12-7-10(14)6-5-9(12)8-15/h5-7,11H,3-4H2,1-2H3. The Morgan fingerprint density at radius 1 is 1.50 bits per heavy atom. The Morgan fingerprint density at radius 2 is 2.22 bits per heavy atom. The zero-order valence-corrected chi connectivity index (χ0v) is 11.0. The van der Waals surface area contributed by atoms with Gasteiger partial charge in [-0.25, -0.2) is 4.79 Å². The van der Waals surface area contributed by atoms with Crippen molar-refractivity contribution in [3.8, 4) is 11.8 Å². The van der Waals surface area contributed by atoms with E-state index in [1.54, 1.807) is 26.0 Å². The third-order valence-corrected chi connectivity index (χ3v) is 2.49. The van der Waals surface area contributed by atoms with Gasteiger partial charge in [0.15, 0.2) is 6.10 Å². The van der Waals surface area contributed by atoms with Gasteiger partial charge in [0, 0.05) is 11.1 Å². The van der Waals surface area contributed by atoms with Gasteiger partial charge in [0.1, 0.15) is 11.8 Å². The van der Waals surface area contributed by atoms with Crippen molar-refractivity contribution >= 4 is 17.6 Å². The zero-order valence-electron chi connectivity index (χ0n) is 10.3. The fourth-order valence-electron chi connectivity index (χ4n) is 1.37. The van der Waals surface area contributed by atoms with E-state index in [-0.39, 0.29) is 0 Å². The van der Waals surface area contributed by atoms with Gasteiger partial charge < -0.3 is 9.47 Å². The Morgan fingerprint density at radius 3 is 2.78 bits per heavy atom. The number of benzene rings is 1. The van der Waals surface area contributed by atoms with E-state index in [1.165, 1.54) is 6.07 Å². The van der Waals surface area contributed by atoms with Crippen LogP contribution in [0.3, 0.4) is 0 Å². The molecule has 1 aromatic carbocycles. The molecule has 0 fully saturated rings. The van der Waals surface area contributed by atoms with Gasteiger partial charge in [0.05, 0.1) is 12.2 Å². The maximum Gasteiger partial charge on any atom is 0.347 e. The summed E-state index contributed by atoms with van der Waals surface area (Å²) in [5, 5.41) is 9.39. The summed E-state index contributed by atoms with van der Waals surface area (Å²) in [4.78, 5) is 11.6. The van der Waals surface area contributed by atoms with Gasteiger partial charge in [-0.1, -0.05) is 18.5 Å². The molecule has 1 atom stereocenters. The first-order valence-corrected chi connectivity index (χ1v) is 6.03. The average molecular weight is 268 g/mol. The van der Waals surface area contributed by atoms with Crippen LogP contribution in [0.15, 0.2) is 18.2 Å². The highest BCUT2D eigenvalue weighted by Gasteiger charge is 2.21. The molecule has 4 nitrogen and oxygen atoms in total. The second-order valence-corrected chi connectivity index (χ2v) is 3.96. The molecule has 0 radical (unpaired) electrons. The molecule has 0 bridgehead atoms. The Kier molecular flexibility index (Phi) is 5.47. The Labute approximate surface area is 111 Å². The first-order valence-electron chi connectivity index (χ1n) is 5.65. The molecule has 5 heteroatoms. The smallest absolute Gasteiger partial charge is 0.347 e. The minimum atomic E-state index is -0.726. The molecule has 0 saturated carbocycles. The number of hydrogen-bond donors (Lipinski definition) is 0. The maximum absolute atomic E-state index is 11.6. The summed E-state index contributed by atoms with van der Waals surface area (Å²) in [5.41, 5.74) is 0.335. The van der Waals surface area contributed by atoms with Crippen molar-refractivity contribution in [2.75, 3.05) is 6.61 Å². The summed E-state index contributed by atoms with van der Waals surface area (Å²) in [6.07, 6.45) is -0.272. The molecule has 1 unspecified atom stereocenters. The molecule has 1 aromatic rings. The normalized spacial score (nSPS) is 11.4. The second-order valence-electron chi connectivity index (χ2n) is 3.52. The quantitative estimate of drug-likeness (QED) is 0.770. The van der Waals surface area contributed by atoms with Crippen LogP contribution in [0.4, 0.5) is 0 Å². The molecule has 0 heterocycles. The lowest BCUT2D eigenvalue weighted by Gasteiger charge is -2.16. The topological polar surface area (TPSA) is 59.3 Å². The number of carbonyl (C=O) groups excluding carboxylic acids is 1. The number of nitrogens with zero attached hydrogens (tertiary/aromatic N) is 1. The van der Waals surface area contributed by atoms with Crippen LogP contribution in [-0.2, 0) is 9.53 Å². The van der Waals surface area contributed by atoms with Gasteiger partial charge in [-0.15, -0.1) is 0 Å². The zero-order chi connectivity index (χ0) is 13.5. The average Bonchev–Trinajstić information content (AvgIpc) is 2.36. The van der Waals surface area contributed by atoms with E-state index >= 15 is 0 Å². The van der Waals surface area contributed by atoms with Crippen LogP contribution < -0.4 is 4.74 Å². The highest BCUT2D eigenvalue weighted by molar-refractivity contribution is 6.30. The minimum absolute atomic E-state index is 0.291. The van der Waals surface area contributed by atoms with Crippen molar-refractivity contribution in [1.29, 1.82) is 5.26 Å². The molecule has 0 aliphatic rings. The SMILES string of the molecule is CCOC(=O)C(CC)Oc1cc(Cl)ccc1C#N. The van der Waals surface area contributed by atoms with Crippen molar-refractivity contribution in [2.45, 2.75) is 26.4 Å².